The standard InChI is InChI=1S/C22H22F2N6S.C16H13BrF2N4O/c1-13(2)21-27-26-18-9-8-17(28-30(18)21)20-19(15-7-6-14(23)12-16(15)24)25-22(31-20)29-10-4-3-5-11-29;1-8(2)16-21-20-13-6-5-12(22-23(13)16)14(17)15(24)10-4-3-9(18)7-11(10)19/h6-9,12-13H,3-5,10-11H2,1-2H3;3-8,14H,1-2H3. The van der Waals surface area contributed by atoms with Gasteiger partial charge in [0.2, 0.25) is 0 Å². The van der Waals surface area contributed by atoms with Crippen molar-refractivity contribution >= 4 is 49.5 Å². The summed E-state index contributed by atoms with van der Waals surface area (Å²) >= 11 is 4.74. The van der Waals surface area contributed by atoms with Crippen molar-refractivity contribution in [3.8, 4) is 21.8 Å². The highest BCUT2D eigenvalue weighted by atomic mass is 79.9. The summed E-state index contributed by atoms with van der Waals surface area (Å²) in [5.41, 5.74) is 2.81. The van der Waals surface area contributed by atoms with Crippen LogP contribution in [0.2, 0.25) is 0 Å². The molecule has 5 aromatic heterocycles. The fourth-order valence-corrected chi connectivity index (χ4v) is 7.72. The number of piperidine rings is 1. The summed E-state index contributed by atoms with van der Waals surface area (Å²) in [5.74, 6) is -1.76. The summed E-state index contributed by atoms with van der Waals surface area (Å²) in [5, 5.41) is 26.5. The monoisotopic (exact) mass is 834 g/mol. The van der Waals surface area contributed by atoms with Gasteiger partial charge in [-0.2, -0.15) is 19.2 Å². The Morgan fingerprint density at radius 1 is 0.727 bits per heavy atom. The molecule has 8 rings (SSSR count). The van der Waals surface area contributed by atoms with Gasteiger partial charge in [0.15, 0.2) is 33.9 Å². The summed E-state index contributed by atoms with van der Waals surface area (Å²) in [6.45, 7) is 9.82. The minimum absolute atomic E-state index is 0.0989. The van der Waals surface area contributed by atoms with Gasteiger partial charge in [0.05, 0.1) is 21.8 Å². The number of halogens is 5. The fourth-order valence-electron chi connectivity index (χ4n) is 6.13. The molecular formula is C38H35BrF4N10OS. The average Bonchev–Trinajstić information content (AvgIpc) is 3.92. The van der Waals surface area contributed by atoms with Crippen LogP contribution >= 0.6 is 27.3 Å². The van der Waals surface area contributed by atoms with Crippen molar-refractivity contribution in [2.75, 3.05) is 18.0 Å². The highest BCUT2D eigenvalue weighted by Crippen LogP contribution is 2.41. The van der Waals surface area contributed by atoms with Crippen LogP contribution in [0.15, 0.2) is 60.7 Å². The lowest BCUT2D eigenvalue weighted by Gasteiger charge is -2.25. The molecule has 1 fully saturated rings. The number of carbonyl (C=O) groups is 1. The maximum atomic E-state index is 14.7. The summed E-state index contributed by atoms with van der Waals surface area (Å²) in [6, 6.07) is 13.5. The third-order valence-electron chi connectivity index (χ3n) is 8.98. The quantitative estimate of drug-likeness (QED) is 0.0839. The number of nitrogens with zero attached hydrogens (tertiary/aromatic N) is 10. The van der Waals surface area contributed by atoms with Crippen molar-refractivity contribution in [1.29, 1.82) is 0 Å². The van der Waals surface area contributed by atoms with Crippen molar-refractivity contribution in [2.24, 2.45) is 0 Å². The van der Waals surface area contributed by atoms with E-state index in [2.05, 4.69) is 46.3 Å². The molecule has 0 amide bonds. The lowest BCUT2D eigenvalue weighted by Crippen LogP contribution is -2.29. The van der Waals surface area contributed by atoms with E-state index in [9.17, 15) is 22.4 Å². The van der Waals surface area contributed by atoms with Gasteiger partial charge >= 0.3 is 0 Å². The molecule has 0 aliphatic carbocycles. The number of fused-ring (bicyclic) bond motifs is 2. The topological polar surface area (TPSA) is 119 Å². The minimum Gasteiger partial charge on any atom is -0.348 e. The molecule has 0 spiro atoms. The molecule has 17 heteroatoms. The van der Waals surface area contributed by atoms with Crippen molar-refractivity contribution in [2.45, 2.75) is 63.6 Å². The first-order chi connectivity index (χ1) is 26.4. The highest BCUT2D eigenvalue weighted by Gasteiger charge is 2.26. The number of Topliss-reactive ketones (excluding diaryl/α,β-unsaturated/α-hetero) is 1. The number of ketones is 1. The molecule has 0 bridgehead atoms. The van der Waals surface area contributed by atoms with E-state index in [1.165, 1.54) is 29.9 Å². The van der Waals surface area contributed by atoms with Gasteiger partial charge in [-0.25, -0.2) is 22.5 Å². The van der Waals surface area contributed by atoms with Gasteiger partial charge < -0.3 is 4.90 Å². The van der Waals surface area contributed by atoms with Gasteiger partial charge in [-0.3, -0.25) is 4.79 Å². The van der Waals surface area contributed by atoms with E-state index in [0.29, 0.717) is 40.3 Å². The molecule has 11 nitrogen and oxygen atoms in total. The van der Waals surface area contributed by atoms with Gasteiger partial charge in [0.1, 0.15) is 33.8 Å². The van der Waals surface area contributed by atoms with Gasteiger partial charge in [0, 0.05) is 42.6 Å². The average molecular weight is 836 g/mol. The van der Waals surface area contributed by atoms with Crippen LogP contribution < -0.4 is 4.90 Å². The van der Waals surface area contributed by atoms with Crippen molar-refractivity contribution in [3.63, 3.8) is 0 Å². The number of benzene rings is 2. The summed E-state index contributed by atoms with van der Waals surface area (Å²) in [6.07, 6.45) is 3.42. The molecule has 1 aliphatic rings. The third kappa shape index (κ3) is 7.85. The first-order valence-corrected chi connectivity index (χ1v) is 19.4. The molecule has 0 radical (unpaired) electrons. The number of anilines is 1. The van der Waals surface area contributed by atoms with Crippen LogP contribution in [-0.4, -0.2) is 63.5 Å². The largest absolute Gasteiger partial charge is 0.348 e. The van der Waals surface area contributed by atoms with E-state index in [4.69, 9.17) is 10.1 Å². The van der Waals surface area contributed by atoms with Gasteiger partial charge in [-0.1, -0.05) is 55.0 Å². The molecule has 55 heavy (non-hydrogen) atoms. The van der Waals surface area contributed by atoms with E-state index < -0.39 is 33.9 Å². The maximum Gasteiger partial charge on any atom is 0.186 e. The highest BCUT2D eigenvalue weighted by molar-refractivity contribution is 9.09. The number of carbonyl (C=O) groups excluding carboxylic acids is 1. The van der Waals surface area contributed by atoms with Gasteiger partial charge in [0.25, 0.3) is 0 Å². The van der Waals surface area contributed by atoms with Gasteiger partial charge in [-0.05, 0) is 67.8 Å². The predicted molar refractivity (Wildman–Crippen MR) is 205 cm³/mol. The molecule has 0 N–H and O–H groups in total. The van der Waals surface area contributed by atoms with Crippen LogP contribution in [0, 0.1) is 23.3 Å². The number of hydrogen-bond donors (Lipinski definition) is 0. The second-order valence-electron chi connectivity index (χ2n) is 13.6. The molecule has 2 aromatic carbocycles. The lowest BCUT2D eigenvalue weighted by molar-refractivity contribution is 0.0986. The Morgan fingerprint density at radius 2 is 1.33 bits per heavy atom. The maximum absolute atomic E-state index is 14.7. The zero-order chi connectivity index (χ0) is 39.0. The van der Waals surface area contributed by atoms with Gasteiger partial charge in [-0.15, -0.1) is 20.4 Å². The van der Waals surface area contributed by atoms with Crippen molar-refractivity contribution in [3.05, 3.63) is 107 Å². The Balaban J connectivity index is 0.000000175. The summed E-state index contributed by atoms with van der Waals surface area (Å²) in [4.78, 5) is 19.4. The molecule has 6 heterocycles. The number of alkyl halides is 1. The van der Waals surface area contributed by atoms with Crippen molar-refractivity contribution < 1.29 is 22.4 Å². The van der Waals surface area contributed by atoms with Crippen LogP contribution in [0.25, 0.3) is 33.1 Å². The van der Waals surface area contributed by atoms with Crippen LogP contribution in [0.5, 0.6) is 0 Å². The number of aromatic nitrogens is 9. The summed E-state index contributed by atoms with van der Waals surface area (Å²) in [7, 11) is 0. The second kappa shape index (κ2) is 15.9. The Morgan fingerprint density at radius 3 is 1.95 bits per heavy atom. The second-order valence-corrected chi connectivity index (χ2v) is 15.5. The van der Waals surface area contributed by atoms with Crippen LogP contribution in [0.4, 0.5) is 22.7 Å². The Bertz CT molecular complexity index is 2510. The van der Waals surface area contributed by atoms with Crippen LogP contribution in [0.1, 0.15) is 91.3 Å². The molecular weight excluding hydrogens is 800 g/mol. The number of thiazole rings is 1. The zero-order valence-electron chi connectivity index (χ0n) is 30.2. The number of hydrogen-bond acceptors (Lipinski definition) is 10. The van der Waals surface area contributed by atoms with Crippen molar-refractivity contribution in [1.82, 2.24) is 44.6 Å². The normalized spacial score (nSPS) is 13.8. The van der Waals surface area contributed by atoms with Crippen LogP contribution in [-0.2, 0) is 0 Å². The van der Waals surface area contributed by atoms with Crippen LogP contribution in [0.3, 0.4) is 0 Å². The van der Waals surface area contributed by atoms with E-state index in [0.717, 1.165) is 60.0 Å². The smallest absolute Gasteiger partial charge is 0.186 e. The lowest BCUT2D eigenvalue weighted by atomic mass is 10.1. The first kappa shape index (κ1) is 38.1. The molecule has 1 saturated heterocycles. The van der Waals surface area contributed by atoms with E-state index in [1.807, 2.05) is 39.8 Å². The van der Waals surface area contributed by atoms with E-state index >= 15 is 0 Å². The summed E-state index contributed by atoms with van der Waals surface area (Å²) < 4.78 is 58.4. The zero-order valence-corrected chi connectivity index (χ0v) is 32.6. The molecule has 284 valence electrons. The Labute approximate surface area is 325 Å². The molecule has 1 aliphatic heterocycles. The minimum atomic E-state index is -0.905. The first-order valence-electron chi connectivity index (χ1n) is 17.7. The molecule has 1 atom stereocenters. The van der Waals surface area contributed by atoms with E-state index in [1.54, 1.807) is 21.2 Å². The fraction of sp³-hybridized carbons (Fsp3) is 0.316. The van der Waals surface area contributed by atoms with E-state index in [-0.39, 0.29) is 23.0 Å². The molecule has 0 saturated carbocycles. The Hall–Kier alpha value is -5.16. The number of rotatable bonds is 8. The molecule has 7 aromatic rings. The molecule has 1 unspecified atom stereocenters. The SMILES string of the molecule is CC(C)c1nnc2ccc(-c3sc(N4CCCCC4)nc3-c3ccc(F)cc3F)nn12.CC(C)c1nnc2ccc(C(Br)C(=O)c3ccc(F)cc3F)nn12. The Kier molecular flexibility index (Phi) is 11.0. The third-order valence-corrected chi connectivity index (χ3v) is 11.0. The predicted octanol–water partition coefficient (Wildman–Crippen LogP) is 9.15.